The predicted molar refractivity (Wildman–Crippen MR) is 66.8 cm³/mol. The Hall–Kier alpha value is -0.640. The molecule has 0 saturated carbocycles. The molecule has 4 heteroatoms. The highest BCUT2D eigenvalue weighted by Gasteiger charge is 2.31. The van der Waals surface area contributed by atoms with E-state index in [1.807, 2.05) is 0 Å². The fourth-order valence-corrected chi connectivity index (χ4v) is 2.41. The smallest absolute Gasteiger partial charge is 0.130 e. The van der Waals surface area contributed by atoms with Crippen molar-refractivity contribution >= 4 is 11.6 Å². The molecule has 0 amide bonds. The van der Waals surface area contributed by atoms with Gasteiger partial charge in [-0.15, -0.1) is 0 Å². The Labute approximate surface area is 106 Å². The van der Waals surface area contributed by atoms with Gasteiger partial charge in [0.1, 0.15) is 5.82 Å². The number of halogens is 2. The van der Waals surface area contributed by atoms with E-state index >= 15 is 0 Å². The molecular formula is C13H17ClFNO. The fourth-order valence-electron chi connectivity index (χ4n) is 2.25. The standard InChI is InChI=1S/C13H17ClFNO/c1-2-16-8-9-5-6-17-13(9)11-4-3-10(14)7-12(11)15/h3-4,7,9,13,16H,2,5-6,8H2,1H3. The van der Waals surface area contributed by atoms with Crippen LogP contribution in [-0.4, -0.2) is 19.7 Å². The summed E-state index contributed by atoms with van der Waals surface area (Å²) >= 11 is 5.75. The lowest BCUT2D eigenvalue weighted by atomic mass is 9.95. The van der Waals surface area contributed by atoms with Crippen molar-refractivity contribution in [2.24, 2.45) is 5.92 Å². The minimum absolute atomic E-state index is 0.147. The van der Waals surface area contributed by atoms with Gasteiger partial charge in [-0.25, -0.2) is 4.39 Å². The molecular weight excluding hydrogens is 241 g/mol. The maximum Gasteiger partial charge on any atom is 0.130 e. The van der Waals surface area contributed by atoms with Crippen LogP contribution >= 0.6 is 11.6 Å². The molecule has 1 aliphatic rings. The first kappa shape index (κ1) is 12.8. The predicted octanol–water partition coefficient (Wildman–Crippen LogP) is 3.17. The first-order valence-corrected chi connectivity index (χ1v) is 6.37. The van der Waals surface area contributed by atoms with Gasteiger partial charge < -0.3 is 10.1 Å². The van der Waals surface area contributed by atoms with Crippen molar-refractivity contribution in [3.8, 4) is 0 Å². The minimum atomic E-state index is -0.272. The molecule has 17 heavy (non-hydrogen) atoms. The average Bonchev–Trinajstić information content (AvgIpc) is 2.74. The van der Waals surface area contributed by atoms with E-state index in [1.165, 1.54) is 6.07 Å². The van der Waals surface area contributed by atoms with Crippen LogP contribution in [0, 0.1) is 11.7 Å². The van der Waals surface area contributed by atoms with Crippen LogP contribution in [-0.2, 0) is 4.74 Å². The molecule has 0 aromatic heterocycles. The van der Waals surface area contributed by atoms with Crippen molar-refractivity contribution in [1.82, 2.24) is 5.32 Å². The van der Waals surface area contributed by atoms with E-state index in [0.29, 0.717) is 23.1 Å². The van der Waals surface area contributed by atoms with Gasteiger partial charge in [-0.3, -0.25) is 0 Å². The zero-order valence-corrected chi connectivity index (χ0v) is 10.6. The molecule has 0 aliphatic carbocycles. The molecule has 1 aromatic carbocycles. The number of nitrogens with one attached hydrogen (secondary N) is 1. The SMILES string of the molecule is CCNCC1CCOC1c1ccc(Cl)cc1F. The molecule has 1 aliphatic heterocycles. The number of benzene rings is 1. The van der Waals surface area contributed by atoms with E-state index in [2.05, 4.69) is 12.2 Å². The molecule has 1 fully saturated rings. The molecule has 0 radical (unpaired) electrons. The zero-order valence-electron chi connectivity index (χ0n) is 9.88. The van der Waals surface area contributed by atoms with E-state index in [-0.39, 0.29) is 11.9 Å². The van der Waals surface area contributed by atoms with Gasteiger partial charge in [0.25, 0.3) is 0 Å². The second kappa shape index (κ2) is 5.80. The zero-order chi connectivity index (χ0) is 12.3. The van der Waals surface area contributed by atoms with Gasteiger partial charge in [0.2, 0.25) is 0 Å². The number of ether oxygens (including phenoxy) is 1. The molecule has 94 valence electrons. The molecule has 2 rings (SSSR count). The lowest BCUT2D eigenvalue weighted by Crippen LogP contribution is -2.24. The van der Waals surface area contributed by atoms with Crippen LogP contribution < -0.4 is 5.32 Å². The highest BCUT2D eigenvalue weighted by Crippen LogP contribution is 2.36. The maximum atomic E-state index is 13.8. The Kier molecular flexibility index (Phi) is 4.37. The van der Waals surface area contributed by atoms with Crippen LogP contribution in [0.5, 0.6) is 0 Å². The summed E-state index contributed by atoms with van der Waals surface area (Å²) in [4.78, 5) is 0. The summed E-state index contributed by atoms with van der Waals surface area (Å²) in [6, 6.07) is 4.79. The topological polar surface area (TPSA) is 21.3 Å². The van der Waals surface area contributed by atoms with Crippen molar-refractivity contribution < 1.29 is 9.13 Å². The Morgan fingerprint density at radius 1 is 1.53 bits per heavy atom. The van der Waals surface area contributed by atoms with Crippen LogP contribution in [0.3, 0.4) is 0 Å². The van der Waals surface area contributed by atoms with E-state index in [1.54, 1.807) is 12.1 Å². The first-order valence-electron chi connectivity index (χ1n) is 5.99. The second-order valence-corrected chi connectivity index (χ2v) is 4.75. The van der Waals surface area contributed by atoms with Crippen LogP contribution in [0.25, 0.3) is 0 Å². The van der Waals surface area contributed by atoms with Gasteiger partial charge in [-0.1, -0.05) is 24.6 Å². The maximum absolute atomic E-state index is 13.8. The van der Waals surface area contributed by atoms with E-state index < -0.39 is 0 Å². The van der Waals surface area contributed by atoms with E-state index in [4.69, 9.17) is 16.3 Å². The van der Waals surface area contributed by atoms with Crippen molar-refractivity contribution in [3.05, 3.63) is 34.6 Å². The van der Waals surface area contributed by atoms with Gasteiger partial charge in [0.15, 0.2) is 0 Å². The second-order valence-electron chi connectivity index (χ2n) is 4.31. The number of hydrogen-bond acceptors (Lipinski definition) is 2. The van der Waals surface area contributed by atoms with E-state index in [0.717, 1.165) is 19.5 Å². The van der Waals surface area contributed by atoms with Gasteiger partial charge in [0, 0.05) is 29.7 Å². The Morgan fingerprint density at radius 2 is 2.35 bits per heavy atom. The monoisotopic (exact) mass is 257 g/mol. The summed E-state index contributed by atoms with van der Waals surface area (Å²) in [7, 11) is 0. The molecule has 1 saturated heterocycles. The number of hydrogen-bond donors (Lipinski definition) is 1. The van der Waals surface area contributed by atoms with Gasteiger partial charge in [0.05, 0.1) is 6.10 Å². The normalized spacial score (nSPS) is 24.2. The third kappa shape index (κ3) is 2.97. The van der Waals surface area contributed by atoms with Crippen LogP contribution in [0.1, 0.15) is 25.0 Å². The van der Waals surface area contributed by atoms with Crippen molar-refractivity contribution in [3.63, 3.8) is 0 Å². The number of rotatable bonds is 4. The third-order valence-electron chi connectivity index (χ3n) is 3.14. The lowest BCUT2D eigenvalue weighted by molar-refractivity contribution is 0.0876. The molecule has 2 unspecified atom stereocenters. The molecule has 0 spiro atoms. The minimum Gasteiger partial charge on any atom is -0.373 e. The first-order chi connectivity index (χ1) is 8.22. The largest absolute Gasteiger partial charge is 0.373 e. The molecule has 1 N–H and O–H groups in total. The summed E-state index contributed by atoms with van der Waals surface area (Å²) in [6.45, 7) is 4.55. The summed E-state index contributed by atoms with van der Waals surface area (Å²) in [6.07, 6.45) is 0.825. The Morgan fingerprint density at radius 3 is 3.06 bits per heavy atom. The van der Waals surface area contributed by atoms with Crippen molar-refractivity contribution in [2.75, 3.05) is 19.7 Å². The molecule has 0 bridgehead atoms. The quantitative estimate of drug-likeness (QED) is 0.895. The van der Waals surface area contributed by atoms with Crippen molar-refractivity contribution in [2.45, 2.75) is 19.4 Å². The highest BCUT2D eigenvalue weighted by atomic mass is 35.5. The summed E-state index contributed by atoms with van der Waals surface area (Å²) in [5.41, 5.74) is 0.620. The molecule has 1 heterocycles. The van der Waals surface area contributed by atoms with Crippen molar-refractivity contribution in [1.29, 1.82) is 0 Å². The fraction of sp³-hybridized carbons (Fsp3) is 0.538. The average molecular weight is 258 g/mol. The summed E-state index contributed by atoms with van der Waals surface area (Å²) in [5, 5.41) is 3.72. The lowest BCUT2D eigenvalue weighted by Gasteiger charge is -2.19. The molecule has 2 atom stereocenters. The summed E-state index contributed by atoms with van der Waals surface area (Å²) < 4.78 is 19.5. The Bertz CT molecular complexity index is 386. The highest BCUT2D eigenvalue weighted by molar-refractivity contribution is 6.30. The van der Waals surface area contributed by atoms with Gasteiger partial charge >= 0.3 is 0 Å². The molecule has 2 nitrogen and oxygen atoms in total. The van der Waals surface area contributed by atoms with Crippen LogP contribution in [0.15, 0.2) is 18.2 Å². The van der Waals surface area contributed by atoms with Crippen LogP contribution in [0.4, 0.5) is 4.39 Å². The molecule has 1 aromatic rings. The Balaban J connectivity index is 2.14. The third-order valence-corrected chi connectivity index (χ3v) is 3.37. The summed E-state index contributed by atoms with van der Waals surface area (Å²) in [5.74, 6) is 0.0662. The van der Waals surface area contributed by atoms with Gasteiger partial charge in [-0.05, 0) is 25.1 Å². The van der Waals surface area contributed by atoms with E-state index in [9.17, 15) is 4.39 Å². The van der Waals surface area contributed by atoms with Crippen LogP contribution in [0.2, 0.25) is 5.02 Å². The van der Waals surface area contributed by atoms with Gasteiger partial charge in [-0.2, -0.15) is 0 Å².